The molecular weight excluding hydrogens is 372 g/mol. The van der Waals surface area contributed by atoms with Crippen molar-refractivity contribution in [1.29, 1.82) is 0 Å². The number of nitrogens with zero attached hydrogens (tertiary/aromatic N) is 1. The van der Waals surface area contributed by atoms with E-state index in [1.165, 1.54) is 7.11 Å². The highest BCUT2D eigenvalue weighted by molar-refractivity contribution is 6.10. The first-order valence-electron chi connectivity index (χ1n) is 9.41. The Morgan fingerprint density at radius 3 is 2.79 bits per heavy atom. The number of carbonyl (C=O) groups excluding carboxylic acids is 1. The fraction of sp³-hybridized carbons (Fsp3) is 0.286. The van der Waals surface area contributed by atoms with Crippen LogP contribution < -0.4 is 20.7 Å². The van der Waals surface area contributed by atoms with Gasteiger partial charge in [-0.15, -0.1) is 0 Å². The van der Waals surface area contributed by atoms with Crippen LogP contribution in [0.4, 0.5) is 11.4 Å². The Bertz CT molecular complexity index is 927. The molecule has 0 fully saturated rings. The summed E-state index contributed by atoms with van der Waals surface area (Å²) in [6.07, 6.45) is 1.35. The summed E-state index contributed by atoms with van der Waals surface area (Å²) in [5.74, 6) is 0.0487. The number of guanidine groups is 1. The summed E-state index contributed by atoms with van der Waals surface area (Å²) >= 11 is 0. The summed E-state index contributed by atoms with van der Waals surface area (Å²) in [4.78, 5) is 28.0. The number of carboxylic acids is 1. The highest BCUT2D eigenvalue weighted by atomic mass is 16.5. The lowest BCUT2D eigenvalue weighted by molar-refractivity contribution is -0.136. The molecule has 2 aromatic rings. The molecule has 3 rings (SSSR count). The van der Waals surface area contributed by atoms with Crippen molar-refractivity contribution in [1.82, 2.24) is 5.32 Å². The fourth-order valence-corrected chi connectivity index (χ4v) is 3.00. The van der Waals surface area contributed by atoms with Crippen molar-refractivity contribution in [3.63, 3.8) is 0 Å². The highest BCUT2D eigenvalue weighted by Gasteiger charge is 2.15. The van der Waals surface area contributed by atoms with Crippen molar-refractivity contribution in [2.24, 2.45) is 4.99 Å². The summed E-state index contributed by atoms with van der Waals surface area (Å²) in [6, 6.07) is 12.4. The van der Waals surface area contributed by atoms with E-state index in [9.17, 15) is 9.59 Å². The first kappa shape index (κ1) is 20.2. The molecule has 0 radical (unpaired) electrons. The lowest BCUT2D eigenvalue weighted by Crippen LogP contribution is -2.35. The maximum absolute atomic E-state index is 12.8. The zero-order valence-corrected chi connectivity index (χ0v) is 16.2. The molecule has 1 amide bonds. The van der Waals surface area contributed by atoms with E-state index in [2.05, 4.69) is 20.9 Å². The molecule has 29 heavy (non-hydrogen) atoms. The summed E-state index contributed by atoms with van der Waals surface area (Å²) in [5.41, 5.74) is 2.48. The summed E-state index contributed by atoms with van der Waals surface area (Å²) in [6.45, 7) is 1.59. The number of aryl methyl sites for hydroxylation is 1. The van der Waals surface area contributed by atoms with Crippen LogP contribution in [-0.4, -0.2) is 43.1 Å². The second-order valence-corrected chi connectivity index (χ2v) is 6.56. The summed E-state index contributed by atoms with van der Waals surface area (Å²) in [7, 11) is 1.52. The van der Waals surface area contributed by atoms with Gasteiger partial charge in [-0.1, -0.05) is 18.2 Å². The van der Waals surface area contributed by atoms with Crippen LogP contribution in [0.15, 0.2) is 47.5 Å². The van der Waals surface area contributed by atoms with Gasteiger partial charge in [-0.2, -0.15) is 0 Å². The predicted molar refractivity (Wildman–Crippen MR) is 112 cm³/mol. The number of hydrogen-bond donors (Lipinski definition) is 4. The average Bonchev–Trinajstić information content (AvgIpc) is 2.73. The molecule has 2 aromatic carbocycles. The quantitative estimate of drug-likeness (QED) is 0.573. The number of aliphatic carboxylic acids is 1. The number of aliphatic imine (C=N–C) groups is 1. The Kier molecular flexibility index (Phi) is 6.67. The molecule has 0 saturated heterocycles. The third-order valence-corrected chi connectivity index (χ3v) is 4.48. The van der Waals surface area contributed by atoms with E-state index in [-0.39, 0.29) is 12.3 Å². The third kappa shape index (κ3) is 5.47. The van der Waals surface area contributed by atoms with Crippen LogP contribution in [0.1, 0.15) is 28.8 Å². The van der Waals surface area contributed by atoms with E-state index < -0.39 is 5.97 Å². The maximum atomic E-state index is 12.8. The first-order chi connectivity index (χ1) is 14.1. The van der Waals surface area contributed by atoms with Crippen molar-refractivity contribution in [2.45, 2.75) is 19.3 Å². The van der Waals surface area contributed by atoms with Gasteiger partial charge in [-0.25, -0.2) is 0 Å². The van der Waals surface area contributed by atoms with Crippen LogP contribution in [0.5, 0.6) is 5.75 Å². The molecule has 1 heterocycles. The van der Waals surface area contributed by atoms with Gasteiger partial charge in [0.15, 0.2) is 5.96 Å². The van der Waals surface area contributed by atoms with Crippen LogP contribution in [0, 0.1) is 0 Å². The van der Waals surface area contributed by atoms with Gasteiger partial charge >= 0.3 is 5.97 Å². The Morgan fingerprint density at radius 1 is 1.24 bits per heavy atom. The normalized spacial score (nSPS) is 13.1. The Hall–Kier alpha value is -3.55. The second kappa shape index (κ2) is 9.59. The molecule has 0 aromatic heterocycles. The fourth-order valence-electron chi connectivity index (χ4n) is 3.00. The van der Waals surface area contributed by atoms with Gasteiger partial charge in [0.25, 0.3) is 5.91 Å². The zero-order valence-electron chi connectivity index (χ0n) is 16.2. The third-order valence-electron chi connectivity index (χ3n) is 4.48. The minimum Gasteiger partial charge on any atom is -0.496 e. The average molecular weight is 396 g/mol. The number of carbonyl (C=O) groups is 2. The number of hydrogen-bond acceptors (Lipinski definition) is 6. The van der Waals surface area contributed by atoms with Crippen molar-refractivity contribution >= 4 is 29.2 Å². The highest BCUT2D eigenvalue weighted by Crippen LogP contribution is 2.25. The molecule has 1 aliphatic heterocycles. The second-order valence-electron chi connectivity index (χ2n) is 6.56. The number of benzene rings is 2. The number of nitrogens with one attached hydrogen (secondary N) is 3. The Balaban J connectivity index is 1.75. The molecular formula is C21H24N4O4. The molecule has 0 spiro atoms. The first-order valence-corrected chi connectivity index (χ1v) is 9.41. The van der Waals surface area contributed by atoms with Crippen molar-refractivity contribution < 1.29 is 19.4 Å². The standard InChI is InChI=1S/C21H24N4O4/c1-29-18-13-15(9-7-14(18)8-10-19(26)27)24-20(28)16-5-2-3-6-17(16)25-21-22-11-4-12-23-21/h2-3,5-7,9,13H,4,8,10-12H2,1H3,(H,24,28)(H,26,27)(H2,22,23,25). The van der Waals surface area contributed by atoms with E-state index in [4.69, 9.17) is 9.84 Å². The topological polar surface area (TPSA) is 112 Å². The number of para-hydroxylation sites is 1. The van der Waals surface area contributed by atoms with E-state index in [0.717, 1.165) is 25.1 Å². The number of ether oxygens (including phenoxy) is 1. The smallest absolute Gasteiger partial charge is 0.303 e. The van der Waals surface area contributed by atoms with Crippen LogP contribution in [0.2, 0.25) is 0 Å². The predicted octanol–water partition coefficient (Wildman–Crippen LogP) is 2.73. The van der Waals surface area contributed by atoms with Crippen molar-refractivity contribution in [3.05, 3.63) is 53.6 Å². The van der Waals surface area contributed by atoms with Crippen LogP contribution >= 0.6 is 0 Å². The Labute approximate surface area is 169 Å². The van der Waals surface area contributed by atoms with Gasteiger partial charge in [0.2, 0.25) is 0 Å². The lowest BCUT2D eigenvalue weighted by atomic mass is 10.1. The molecule has 4 N–H and O–H groups in total. The number of anilines is 2. The van der Waals surface area contributed by atoms with Crippen LogP contribution in [0.3, 0.4) is 0 Å². The molecule has 0 atom stereocenters. The van der Waals surface area contributed by atoms with Gasteiger partial charge < -0.3 is 25.8 Å². The van der Waals surface area contributed by atoms with Crippen molar-refractivity contribution in [3.8, 4) is 5.75 Å². The van der Waals surface area contributed by atoms with E-state index in [1.807, 2.05) is 12.1 Å². The van der Waals surface area contributed by atoms with Gasteiger partial charge in [0.1, 0.15) is 5.75 Å². The van der Waals surface area contributed by atoms with Gasteiger partial charge in [0.05, 0.1) is 18.4 Å². The number of amides is 1. The van der Waals surface area contributed by atoms with E-state index in [0.29, 0.717) is 35.1 Å². The monoisotopic (exact) mass is 396 g/mol. The molecule has 152 valence electrons. The molecule has 1 aliphatic rings. The Morgan fingerprint density at radius 2 is 2.07 bits per heavy atom. The SMILES string of the molecule is COc1cc(NC(=O)c2ccccc2NC2=NCCCN2)ccc1CCC(=O)O. The number of methoxy groups -OCH3 is 1. The maximum Gasteiger partial charge on any atom is 0.303 e. The zero-order chi connectivity index (χ0) is 20.6. The van der Waals surface area contributed by atoms with Crippen molar-refractivity contribution in [2.75, 3.05) is 30.8 Å². The molecule has 8 nitrogen and oxygen atoms in total. The minimum atomic E-state index is -0.870. The van der Waals surface area contributed by atoms with Gasteiger partial charge in [0, 0.05) is 31.3 Å². The molecule has 8 heteroatoms. The molecule has 0 bridgehead atoms. The number of carboxylic acid groups (broad SMARTS) is 1. The minimum absolute atomic E-state index is 0.0129. The van der Waals surface area contributed by atoms with E-state index >= 15 is 0 Å². The van der Waals surface area contributed by atoms with Gasteiger partial charge in [-0.3, -0.25) is 14.6 Å². The molecule has 0 saturated carbocycles. The summed E-state index contributed by atoms with van der Waals surface area (Å²) < 4.78 is 5.35. The largest absolute Gasteiger partial charge is 0.496 e. The lowest BCUT2D eigenvalue weighted by Gasteiger charge is -2.18. The molecule has 0 unspecified atom stereocenters. The summed E-state index contributed by atoms with van der Waals surface area (Å²) in [5, 5.41) is 18.1. The van der Waals surface area contributed by atoms with E-state index in [1.54, 1.807) is 30.3 Å². The number of rotatable bonds is 7. The van der Waals surface area contributed by atoms with Crippen LogP contribution in [-0.2, 0) is 11.2 Å². The van der Waals surface area contributed by atoms with Crippen LogP contribution in [0.25, 0.3) is 0 Å². The molecule has 0 aliphatic carbocycles. The van der Waals surface area contributed by atoms with Gasteiger partial charge in [-0.05, 0) is 36.6 Å².